The minimum Gasteiger partial charge on any atom is -1.00 e. The summed E-state index contributed by atoms with van der Waals surface area (Å²) in [6.07, 6.45) is 6.00. The fourth-order valence-corrected chi connectivity index (χ4v) is 0. The fraction of sp³-hybridized carbons (Fsp3) is 0.818. The van der Waals surface area contributed by atoms with Crippen LogP contribution in [0.3, 0.4) is 0 Å². The lowest BCUT2D eigenvalue weighted by Gasteiger charge is -1.93. The molecule has 0 rings (SSSR count). The highest BCUT2D eigenvalue weighted by atomic mass is 127. The summed E-state index contributed by atoms with van der Waals surface area (Å²) in [4.78, 5) is 21.8. The molecule has 8 nitrogen and oxygen atoms in total. The van der Waals surface area contributed by atoms with Crippen LogP contribution in [-0.4, -0.2) is 111 Å². The van der Waals surface area contributed by atoms with E-state index in [-0.39, 0.29) is 77.7 Å². The van der Waals surface area contributed by atoms with Crippen molar-refractivity contribution in [3.8, 4) is 0 Å². The zero-order chi connectivity index (χ0) is 22.6. The van der Waals surface area contributed by atoms with Crippen molar-refractivity contribution < 1.29 is 76.9 Å². The summed E-state index contributed by atoms with van der Waals surface area (Å²) in [5.41, 5.74) is 0. The monoisotopic (exact) mass is 700 g/mol. The Bertz CT molecular complexity index is 280. The molecule has 0 aromatic carbocycles. The van der Waals surface area contributed by atoms with Gasteiger partial charge in [0.2, 0.25) is 12.8 Å². The maximum Gasteiger partial charge on any atom is 0.320 e. The van der Waals surface area contributed by atoms with Crippen LogP contribution in [0.2, 0.25) is 0 Å². The van der Waals surface area contributed by atoms with Gasteiger partial charge >= 0.3 is 12.8 Å². The quantitative estimate of drug-likeness (QED) is 0.121. The van der Waals surface area contributed by atoms with E-state index in [1.54, 1.807) is 65.5 Å². The van der Waals surface area contributed by atoms with E-state index in [2.05, 4.69) is 27.7 Å². The van der Waals surface area contributed by atoms with Crippen molar-refractivity contribution in [3.63, 3.8) is 0 Å². The highest BCUT2D eigenvalue weighted by Crippen LogP contribution is 1.56. The van der Waals surface area contributed by atoms with Gasteiger partial charge in [-0.05, 0) is 0 Å². The number of carbonyl (C=O) groups is 2. The van der Waals surface area contributed by atoms with Crippen LogP contribution in [0.25, 0.3) is 0 Å². The number of hydrogen-bond acceptors (Lipinski definition) is 2. The number of carbonyl (C=O) groups excluding carboxylic acids is 2. The standard InChI is InChI=1S/4C3H7NO.2C3H8.4CH4.2HI/c4*1-4(2)3-5;2*1-3-2;;;;;;/h4*3H,1-2H3;2*3H2,1-2H3;4*1H4;2*1H. The van der Waals surface area contributed by atoms with Crippen LogP contribution in [0, 0.1) is 0 Å². The van der Waals surface area contributed by atoms with Crippen LogP contribution in [0.5, 0.6) is 0 Å². The van der Waals surface area contributed by atoms with Gasteiger partial charge in [-0.3, -0.25) is 9.59 Å². The number of aliphatic hydroxyl groups excluding tert-OH is 2. The molecule has 0 unspecified atom stereocenters. The number of aliphatic hydroxyl groups is 2. The van der Waals surface area contributed by atoms with Crippen molar-refractivity contribution in [2.75, 3.05) is 56.4 Å². The second-order valence-electron chi connectivity index (χ2n) is 5.71. The average molecular weight is 701 g/mol. The molecule has 0 spiro atoms. The van der Waals surface area contributed by atoms with Gasteiger partial charge in [-0.1, -0.05) is 70.2 Å². The number of amides is 2. The smallest absolute Gasteiger partial charge is 0.320 e. The van der Waals surface area contributed by atoms with E-state index < -0.39 is 0 Å². The lowest BCUT2D eigenvalue weighted by atomic mass is 10.6. The number of rotatable bonds is 2. The van der Waals surface area contributed by atoms with Gasteiger partial charge in [-0.2, -0.15) is 0 Å². The van der Waals surface area contributed by atoms with Crippen molar-refractivity contribution in [1.82, 2.24) is 9.80 Å². The van der Waals surface area contributed by atoms with Crippen LogP contribution in [0.4, 0.5) is 0 Å². The minimum atomic E-state index is 0. The first-order chi connectivity index (χ1) is 11.9. The highest BCUT2D eigenvalue weighted by molar-refractivity contribution is 5.45. The molecule has 0 radical (unpaired) electrons. The minimum absolute atomic E-state index is 0. The van der Waals surface area contributed by atoms with Crippen molar-refractivity contribution in [3.05, 3.63) is 0 Å². The van der Waals surface area contributed by atoms with Crippen molar-refractivity contribution >= 4 is 25.6 Å². The molecule has 0 aromatic rings. The Labute approximate surface area is 237 Å². The lowest BCUT2D eigenvalue weighted by Crippen LogP contribution is -3.00. The van der Waals surface area contributed by atoms with Gasteiger partial charge < -0.3 is 68.0 Å². The Morgan fingerprint density at radius 3 is 0.656 bits per heavy atom. The van der Waals surface area contributed by atoms with Crippen molar-refractivity contribution in [2.24, 2.45) is 0 Å². The van der Waals surface area contributed by atoms with Crippen LogP contribution in [0.1, 0.15) is 70.2 Å². The average Bonchev–Trinajstić information content (AvgIpc) is 2.57. The molecule has 208 valence electrons. The largest absolute Gasteiger partial charge is 1.00 e. The van der Waals surface area contributed by atoms with E-state index >= 15 is 0 Å². The molecule has 0 aliphatic carbocycles. The second kappa shape index (κ2) is 86.9. The molecule has 0 aliphatic rings. The van der Waals surface area contributed by atoms with Gasteiger partial charge in [0, 0.05) is 28.2 Å². The molecule has 2 amide bonds. The third-order valence-corrected chi connectivity index (χ3v) is 0.884. The summed E-state index contributed by atoms with van der Waals surface area (Å²) < 4.78 is 3.11. The second-order valence-corrected chi connectivity index (χ2v) is 5.71. The zero-order valence-corrected chi connectivity index (χ0v) is 24.3. The van der Waals surface area contributed by atoms with E-state index in [0.717, 1.165) is 25.6 Å². The Kier molecular flexibility index (Phi) is 209. The van der Waals surface area contributed by atoms with Gasteiger partial charge in [0.25, 0.3) is 0 Å². The van der Waals surface area contributed by atoms with E-state index in [9.17, 15) is 9.59 Å². The van der Waals surface area contributed by atoms with Gasteiger partial charge in [0.05, 0.1) is 0 Å². The molecule has 0 atom stereocenters. The molecule has 0 saturated heterocycles. The molecule has 0 aliphatic heterocycles. The normalized spacial score (nSPS) is 5.38. The molecule has 0 heterocycles. The fourth-order valence-electron chi connectivity index (χ4n) is 0. The molecular weight excluding hydrogens is 638 g/mol. The van der Waals surface area contributed by atoms with Crippen LogP contribution in [-0.2, 0) is 9.59 Å². The Morgan fingerprint density at radius 2 is 0.656 bits per heavy atom. The summed E-state index contributed by atoms with van der Waals surface area (Å²) in [6.45, 7) is 8.50. The summed E-state index contributed by atoms with van der Waals surface area (Å²) in [5.74, 6) is 0. The molecule has 0 bridgehead atoms. The highest BCUT2D eigenvalue weighted by Gasteiger charge is 1.69. The van der Waals surface area contributed by atoms with Gasteiger partial charge in [-0.25, -0.2) is 9.15 Å². The molecule has 0 aromatic heterocycles. The first-order valence-corrected chi connectivity index (χ1v) is 8.43. The Hall–Kier alpha value is -0.660. The van der Waals surface area contributed by atoms with E-state index in [1.807, 2.05) is 0 Å². The maximum absolute atomic E-state index is 9.43. The van der Waals surface area contributed by atoms with Gasteiger partial charge in [-0.15, -0.1) is 0 Å². The Balaban J connectivity index is -0.0000000146. The van der Waals surface area contributed by atoms with Crippen molar-refractivity contribution in [2.45, 2.75) is 70.2 Å². The third-order valence-electron chi connectivity index (χ3n) is 0.884. The van der Waals surface area contributed by atoms with Gasteiger partial charge in [0.15, 0.2) is 0 Å². The van der Waals surface area contributed by atoms with E-state index in [4.69, 9.17) is 10.2 Å². The van der Waals surface area contributed by atoms with Crippen molar-refractivity contribution in [1.29, 1.82) is 0 Å². The summed E-state index contributed by atoms with van der Waals surface area (Å²) >= 11 is 0. The SMILES string of the molecule is C.C.C.C.CCC.CCC.CN(C)C=O.CN(C)C=O.C[N+](C)=CO.C[N+](C)=CO.[I-].[I-]. The summed E-state index contributed by atoms with van der Waals surface area (Å²) in [6, 6.07) is 0. The molecule has 0 fully saturated rings. The van der Waals surface area contributed by atoms with Crippen LogP contribution < -0.4 is 48.0 Å². The molecule has 0 saturated carbocycles. The molecule has 10 heteroatoms. The van der Waals surface area contributed by atoms with Crippen LogP contribution in [0.15, 0.2) is 0 Å². The topological polar surface area (TPSA) is 87.1 Å². The molecule has 2 N–H and O–H groups in total. The first kappa shape index (κ1) is 77.1. The predicted octanol–water partition coefficient (Wildman–Crippen LogP) is -1.52. The van der Waals surface area contributed by atoms with E-state index in [1.165, 1.54) is 22.6 Å². The molecule has 32 heavy (non-hydrogen) atoms. The lowest BCUT2D eigenvalue weighted by molar-refractivity contribution is -0.467. The number of halogens is 2. The third kappa shape index (κ3) is 437. The molecular formula is C22H62I2N4O4. The van der Waals surface area contributed by atoms with E-state index in [0.29, 0.717) is 0 Å². The van der Waals surface area contributed by atoms with Gasteiger partial charge in [0.1, 0.15) is 28.2 Å². The van der Waals surface area contributed by atoms with Crippen LogP contribution >= 0.6 is 0 Å². The summed E-state index contributed by atoms with van der Waals surface area (Å²) in [5, 5.41) is 15.9. The zero-order valence-electron chi connectivity index (χ0n) is 20.0. The number of hydrogen-bond donors (Lipinski definition) is 2. The predicted molar refractivity (Wildman–Crippen MR) is 140 cm³/mol. The first-order valence-electron chi connectivity index (χ1n) is 8.43. The Morgan fingerprint density at radius 1 is 0.594 bits per heavy atom. The summed E-state index contributed by atoms with van der Waals surface area (Å²) in [7, 11) is 13.8. The number of nitrogens with zero attached hydrogens (tertiary/aromatic N) is 4. The maximum atomic E-state index is 9.43.